The standard InChI is InChI=1S/C16H22N2O2S/c1-10-6-5-7-11(2)15(10)20-9-14-18-13(8-19-4)16(21-14)12(3)17/h5-7,12H,8-9,17H2,1-4H3. The highest BCUT2D eigenvalue weighted by Gasteiger charge is 2.15. The molecule has 1 heterocycles. The van der Waals surface area contributed by atoms with Gasteiger partial charge in [-0.05, 0) is 31.9 Å². The van der Waals surface area contributed by atoms with Gasteiger partial charge in [-0.15, -0.1) is 11.3 Å². The smallest absolute Gasteiger partial charge is 0.140 e. The summed E-state index contributed by atoms with van der Waals surface area (Å²) < 4.78 is 11.1. The quantitative estimate of drug-likeness (QED) is 0.887. The summed E-state index contributed by atoms with van der Waals surface area (Å²) in [6.45, 7) is 7.00. The number of hydrogen-bond acceptors (Lipinski definition) is 5. The van der Waals surface area contributed by atoms with Crippen LogP contribution in [0.3, 0.4) is 0 Å². The van der Waals surface area contributed by atoms with Crippen LogP contribution in [0.1, 0.15) is 39.7 Å². The molecule has 21 heavy (non-hydrogen) atoms. The lowest BCUT2D eigenvalue weighted by Gasteiger charge is -2.10. The fourth-order valence-electron chi connectivity index (χ4n) is 2.23. The van der Waals surface area contributed by atoms with Gasteiger partial charge in [0.15, 0.2) is 0 Å². The first-order chi connectivity index (χ1) is 10.0. The van der Waals surface area contributed by atoms with E-state index >= 15 is 0 Å². The van der Waals surface area contributed by atoms with Gasteiger partial charge in [0, 0.05) is 18.0 Å². The van der Waals surface area contributed by atoms with E-state index in [2.05, 4.69) is 4.98 Å². The van der Waals surface area contributed by atoms with E-state index in [1.165, 1.54) is 0 Å². The summed E-state index contributed by atoms with van der Waals surface area (Å²) in [6.07, 6.45) is 0. The van der Waals surface area contributed by atoms with Gasteiger partial charge in [-0.3, -0.25) is 0 Å². The highest BCUT2D eigenvalue weighted by atomic mass is 32.1. The van der Waals surface area contributed by atoms with Crippen LogP contribution < -0.4 is 10.5 Å². The van der Waals surface area contributed by atoms with Gasteiger partial charge in [-0.1, -0.05) is 18.2 Å². The first-order valence-corrected chi connectivity index (χ1v) is 7.76. The van der Waals surface area contributed by atoms with Gasteiger partial charge in [-0.2, -0.15) is 0 Å². The van der Waals surface area contributed by atoms with Gasteiger partial charge < -0.3 is 15.2 Å². The third-order valence-corrected chi connectivity index (χ3v) is 4.49. The summed E-state index contributed by atoms with van der Waals surface area (Å²) >= 11 is 1.60. The molecule has 0 amide bonds. The molecule has 0 saturated carbocycles. The minimum Gasteiger partial charge on any atom is -0.486 e. The number of rotatable bonds is 6. The van der Waals surface area contributed by atoms with Crippen molar-refractivity contribution in [3.05, 3.63) is 44.9 Å². The summed E-state index contributed by atoms with van der Waals surface area (Å²) in [6, 6.07) is 6.09. The number of nitrogens with two attached hydrogens (primary N) is 1. The lowest BCUT2D eigenvalue weighted by molar-refractivity contribution is 0.180. The molecule has 0 radical (unpaired) electrons. The molecule has 2 aromatic rings. The van der Waals surface area contributed by atoms with Crippen LogP contribution in [0.25, 0.3) is 0 Å². The zero-order chi connectivity index (χ0) is 15.4. The van der Waals surface area contributed by atoms with Crippen LogP contribution in [0, 0.1) is 13.8 Å². The van der Waals surface area contributed by atoms with Crippen molar-refractivity contribution < 1.29 is 9.47 Å². The summed E-state index contributed by atoms with van der Waals surface area (Å²) in [5, 5.41) is 0.928. The van der Waals surface area contributed by atoms with Crippen molar-refractivity contribution in [2.45, 2.75) is 40.0 Å². The van der Waals surface area contributed by atoms with Crippen molar-refractivity contribution in [2.75, 3.05) is 7.11 Å². The maximum atomic E-state index is 5.99. The van der Waals surface area contributed by atoms with Crippen molar-refractivity contribution >= 4 is 11.3 Å². The largest absolute Gasteiger partial charge is 0.486 e. The minimum absolute atomic E-state index is 0.0402. The summed E-state index contributed by atoms with van der Waals surface area (Å²) in [7, 11) is 1.66. The molecule has 0 aliphatic carbocycles. The van der Waals surface area contributed by atoms with E-state index in [1.807, 2.05) is 39.0 Å². The van der Waals surface area contributed by atoms with Crippen LogP contribution in [0.5, 0.6) is 5.75 Å². The van der Waals surface area contributed by atoms with Crippen molar-refractivity contribution in [3.8, 4) is 5.75 Å². The minimum atomic E-state index is -0.0402. The topological polar surface area (TPSA) is 57.4 Å². The second-order valence-corrected chi connectivity index (χ2v) is 6.27. The molecule has 1 aromatic carbocycles. The number of aromatic nitrogens is 1. The number of thiazole rings is 1. The van der Waals surface area contributed by atoms with Crippen molar-refractivity contribution in [1.82, 2.24) is 4.98 Å². The Kier molecular flexibility index (Phi) is 5.33. The Morgan fingerprint density at radius 1 is 1.24 bits per heavy atom. The van der Waals surface area contributed by atoms with Crippen LogP contribution in [-0.2, 0) is 18.0 Å². The molecule has 114 valence electrons. The van der Waals surface area contributed by atoms with Gasteiger partial charge >= 0.3 is 0 Å². The van der Waals surface area contributed by atoms with Crippen LogP contribution in [0.4, 0.5) is 0 Å². The monoisotopic (exact) mass is 306 g/mol. The van der Waals surface area contributed by atoms with Gasteiger partial charge in [0.25, 0.3) is 0 Å². The predicted octanol–water partition coefficient (Wildman–Crippen LogP) is 3.51. The average Bonchev–Trinajstić information content (AvgIpc) is 2.82. The molecular weight excluding hydrogens is 284 g/mol. The van der Waals surface area contributed by atoms with E-state index in [9.17, 15) is 0 Å². The predicted molar refractivity (Wildman–Crippen MR) is 85.7 cm³/mol. The molecule has 5 heteroatoms. The van der Waals surface area contributed by atoms with Crippen molar-refractivity contribution in [3.63, 3.8) is 0 Å². The van der Waals surface area contributed by atoms with Gasteiger partial charge in [-0.25, -0.2) is 4.98 Å². The van der Waals surface area contributed by atoms with Crippen LogP contribution >= 0.6 is 11.3 Å². The maximum absolute atomic E-state index is 5.99. The molecule has 2 N–H and O–H groups in total. The van der Waals surface area contributed by atoms with Crippen LogP contribution in [0.15, 0.2) is 18.2 Å². The third-order valence-electron chi connectivity index (χ3n) is 3.22. The molecule has 0 bridgehead atoms. The average molecular weight is 306 g/mol. The number of para-hydroxylation sites is 1. The first kappa shape index (κ1) is 15.9. The molecule has 0 saturated heterocycles. The number of nitrogens with zero attached hydrogens (tertiary/aromatic N) is 1. The highest BCUT2D eigenvalue weighted by Crippen LogP contribution is 2.27. The summed E-state index contributed by atoms with van der Waals surface area (Å²) in [5.74, 6) is 0.934. The fraction of sp³-hybridized carbons (Fsp3) is 0.438. The Morgan fingerprint density at radius 3 is 2.48 bits per heavy atom. The maximum Gasteiger partial charge on any atom is 0.140 e. The highest BCUT2D eigenvalue weighted by molar-refractivity contribution is 7.11. The zero-order valence-electron chi connectivity index (χ0n) is 13.0. The van der Waals surface area contributed by atoms with Crippen LogP contribution in [-0.4, -0.2) is 12.1 Å². The molecule has 0 fully saturated rings. The van der Waals surface area contributed by atoms with E-state index in [4.69, 9.17) is 15.2 Å². The lowest BCUT2D eigenvalue weighted by atomic mass is 10.1. The number of benzene rings is 1. The first-order valence-electron chi connectivity index (χ1n) is 6.95. The number of aryl methyl sites for hydroxylation is 2. The van der Waals surface area contributed by atoms with Crippen molar-refractivity contribution in [1.29, 1.82) is 0 Å². The Balaban J connectivity index is 2.15. The van der Waals surface area contributed by atoms with E-state index in [-0.39, 0.29) is 6.04 Å². The van der Waals surface area contributed by atoms with Gasteiger partial charge in [0.2, 0.25) is 0 Å². The molecule has 1 aromatic heterocycles. The molecule has 1 atom stereocenters. The molecule has 0 aliphatic heterocycles. The Labute approximate surface area is 129 Å². The van der Waals surface area contributed by atoms with E-state index in [1.54, 1.807) is 18.4 Å². The Hall–Kier alpha value is -1.43. The molecule has 0 spiro atoms. The Bertz CT molecular complexity index is 588. The van der Waals surface area contributed by atoms with Gasteiger partial charge in [0.1, 0.15) is 17.4 Å². The molecule has 2 rings (SSSR count). The summed E-state index contributed by atoms with van der Waals surface area (Å²) in [5.41, 5.74) is 9.17. The lowest BCUT2D eigenvalue weighted by Crippen LogP contribution is -2.06. The zero-order valence-corrected chi connectivity index (χ0v) is 13.8. The number of ether oxygens (including phenoxy) is 2. The normalized spacial score (nSPS) is 12.4. The van der Waals surface area contributed by atoms with Crippen molar-refractivity contribution in [2.24, 2.45) is 5.73 Å². The number of hydrogen-bond donors (Lipinski definition) is 1. The van der Waals surface area contributed by atoms with E-state index in [0.717, 1.165) is 32.5 Å². The number of methoxy groups -OCH3 is 1. The SMILES string of the molecule is COCc1nc(COc2c(C)cccc2C)sc1C(C)N. The Morgan fingerprint density at radius 2 is 1.90 bits per heavy atom. The molecule has 4 nitrogen and oxygen atoms in total. The van der Waals surface area contributed by atoms with Gasteiger partial charge in [0.05, 0.1) is 12.3 Å². The van der Waals surface area contributed by atoms with E-state index < -0.39 is 0 Å². The fourth-order valence-corrected chi connectivity index (χ4v) is 3.17. The summed E-state index contributed by atoms with van der Waals surface area (Å²) in [4.78, 5) is 5.65. The van der Waals surface area contributed by atoms with Crippen LogP contribution in [0.2, 0.25) is 0 Å². The van der Waals surface area contributed by atoms with E-state index in [0.29, 0.717) is 13.2 Å². The second-order valence-electron chi connectivity index (χ2n) is 5.15. The molecule has 0 aliphatic rings. The molecule has 1 unspecified atom stereocenters. The molecular formula is C16H22N2O2S. The second kappa shape index (κ2) is 7.02. The third kappa shape index (κ3) is 3.81.